The van der Waals surface area contributed by atoms with E-state index in [9.17, 15) is 4.79 Å². The molecule has 1 fully saturated rings. The van der Waals surface area contributed by atoms with Crippen LogP contribution in [0.4, 0.5) is 4.79 Å². The predicted octanol–water partition coefficient (Wildman–Crippen LogP) is 1.19. The summed E-state index contributed by atoms with van der Waals surface area (Å²) in [6, 6.07) is 0.197. The Labute approximate surface area is 90.5 Å². The summed E-state index contributed by atoms with van der Waals surface area (Å²) in [4.78, 5) is 11.3. The Morgan fingerprint density at radius 3 is 2.40 bits per heavy atom. The average molecular weight is 216 g/mol. The Kier molecular flexibility index (Phi) is 3.93. The van der Waals surface area contributed by atoms with Crippen LogP contribution in [0.25, 0.3) is 0 Å². The highest BCUT2D eigenvalue weighted by molar-refractivity contribution is 5.67. The number of ether oxygens (including phenoxy) is 2. The molecule has 0 aromatic carbocycles. The van der Waals surface area contributed by atoms with E-state index >= 15 is 0 Å². The van der Waals surface area contributed by atoms with E-state index in [4.69, 9.17) is 9.47 Å². The van der Waals surface area contributed by atoms with Crippen LogP contribution in [0.2, 0.25) is 0 Å². The van der Waals surface area contributed by atoms with Gasteiger partial charge in [-0.2, -0.15) is 0 Å². The van der Waals surface area contributed by atoms with Crippen molar-refractivity contribution in [1.82, 2.24) is 10.9 Å². The first-order chi connectivity index (χ1) is 6.92. The number of methoxy groups -OCH3 is 1. The Balaban J connectivity index is 2.17. The first kappa shape index (κ1) is 12.3. The maximum absolute atomic E-state index is 11.3. The average Bonchev–Trinajstić information content (AvgIpc) is 1.99. The molecule has 1 aliphatic rings. The zero-order chi connectivity index (χ0) is 11.5. The molecule has 2 atom stereocenters. The number of hydrogen-bond donors (Lipinski definition) is 2. The summed E-state index contributed by atoms with van der Waals surface area (Å²) in [6.45, 7) is 5.48. The van der Waals surface area contributed by atoms with Crippen LogP contribution in [0.3, 0.4) is 0 Å². The van der Waals surface area contributed by atoms with Gasteiger partial charge < -0.3 is 9.47 Å². The molecule has 0 aliphatic heterocycles. The first-order valence-corrected chi connectivity index (χ1v) is 5.19. The quantitative estimate of drug-likeness (QED) is 0.696. The van der Waals surface area contributed by atoms with E-state index in [-0.39, 0.29) is 12.1 Å². The molecule has 0 aromatic rings. The van der Waals surface area contributed by atoms with E-state index < -0.39 is 11.7 Å². The Morgan fingerprint density at radius 1 is 1.33 bits per heavy atom. The molecule has 1 rings (SSSR count). The molecule has 0 saturated heterocycles. The SMILES string of the molecule is COC1CCC1NNC(=O)OC(C)(C)C. The van der Waals surface area contributed by atoms with Crippen molar-refractivity contribution in [3.8, 4) is 0 Å². The third-order valence-corrected chi connectivity index (χ3v) is 2.27. The molecule has 5 heteroatoms. The fourth-order valence-corrected chi connectivity index (χ4v) is 1.37. The van der Waals surface area contributed by atoms with Gasteiger partial charge in [0, 0.05) is 7.11 Å². The lowest BCUT2D eigenvalue weighted by atomic mass is 9.90. The second kappa shape index (κ2) is 4.81. The smallest absolute Gasteiger partial charge is 0.422 e. The fraction of sp³-hybridized carbons (Fsp3) is 0.900. The summed E-state index contributed by atoms with van der Waals surface area (Å²) in [7, 11) is 1.67. The van der Waals surface area contributed by atoms with Gasteiger partial charge in [-0.05, 0) is 33.6 Å². The van der Waals surface area contributed by atoms with Gasteiger partial charge >= 0.3 is 6.09 Å². The molecule has 0 radical (unpaired) electrons. The number of amides is 1. The molecule has 88 valence electrons. The summed E-state index contributed by atoms with van der Waals surface area (Å²) < 4.78 is 10.2. The highest BCUT2D eigenvalue weighted by Crippen LogP contribution is 2.21. The van der Waals surface area contributed by atoms with Gasteiger partial charge in [-0.1, -0.05) is 0 Å². The summed E-state index contributed by atoms with van der Waals surface area (Å²) in [5.74, 6) is 0. The number of carbonyl (C=O) groups excluding carboxylic acids is 1. The molecule has 2 N–H and O–H groups in total. The van der Waals surface area contributed by atoms with E-state index in [0.29, 0.717) is 0 Å². The Hall–Kier alpha value is -0.810. The summed E-state index contributed by atoms with van der Waals surface area (Å²) in [5.41, 5.74) is 4.94. The largest absolute Gasteiger partial charge is 0.443 e. The highest BCUT2D eigenvalue weighted by atomic mass is 16.6. The van der Waals surface area contributed by atoms with E-state index in [1.54, 1.807) is 7.11 Å². The lowest BCUT2D eigenvalue weighted by Crippen LogP contribution is -2.56. The Bertz CT molecular complexity index is 223. The third kappa shape index (κ3) is 4.05. The molecule has 15 heavy (non-hydrogen) atoms. The van der Waals surface area contributed by atoms with E-state index in [0.717, 1.165) is 12.8 Å². The number of rotatable bonds is 3. The van der Waals surface area contributed by atoms with E-state index in [1.807, 2.05) is 20.8 Å². The number of carbonyl (C=O) groups is 1. The number of hydrogen-bond acceptors (Lipinski definition) is 4. The molecule has 0 aromatic heterocycles. The maximum atomic E-state index is 11.3. The number of nitrogens with one attached hydrogen (secondary N) is 2. The standard InChI is InChI=1S/C10H20N2O3/c1-10(2,3)15-9(13)12-11-7-5-6-8(7)14-4/h7-8,11H,5-6H2,1-4H3,(H,12,13). The molecule has 1 amide bonds. The van der Waals surface area contributed by atoms with Crippen LogP contribution >= 0.6 is 0 Å². The van der Waals surface area contributed by atoms with Crippen LogP contribution in [-0.4, -0.2) is 30.9 Å². The van der Waals surface area contributed by atoms with Gasteiger partial charge in [-0.3, -0.25) is 5.43 Å². The zero-order valence-corrected chi connectivity index (χ0v) is 9.79. The van der Waals surface area contributed by atoms with Crippen LogP contribution in [0.5, 0.6) is 0 Å². The van der Waals surface area contributed by atoms with Crippen molar-refractivity contribution >= 4 is 6.09 Å². The predicted molar refractivity (Wildman–Crippen MR) is 56.3 cm³/mol. The van der Waals surface area contributed by atoms with Crippen molar-refractivity contribution in [2.75, 3.05) is 7.11 Å². The van der Waals surface area contributed by atoms with Crippen molar-refractivity contribution in [2.45, 2.75) is 51.4 Å². The second-order valence-corrected chi connectivity index (χ2v) is 4.73. The van der Waals surface area contributed by atoms with Gasteiger partial charge in [0.25, 0.3) is 0 Å². The van der Waals surface area contributed by atoms with Crippen LogP contribution in [-0.2, 0) is 9.47 Å². The van der Waals surface area contributed by atoms with Crippen molar-refractivity contribution in [1.29, 1.82) is 0 Å². The molecule has 5 nitrogen and oxygen atoms in total. The zero-order valence-electron chi connectivity index (χ0n) is 9.79. The number of hydrazine groups is 1. The molecule has 1 aliphatic carbocycles. The summed E-state index contributed by atoms with van der Waals surface area (Å²) in [6.07, 6.45) is 1.78. The maximum Gasteiger partial charge on any atom is 0.422 e. The summed E-state index contributed by atoms with van der Waals surface area (Å²) >= 11 is 0. The minimum atomic E-state index is -0.466. The van der Waals surface area contributed by atoms with Gasteiger partial charge in [0.05, 0.1) is 12.1 Å². The molecular weight excluding hydrogens is 196 g/mol. The van der Waals surface area contributed by atoms with Gasteiger partial charge in [-0.25, -0.2) is 10.2 Å². The third-order valence-electron chi connectivity index (χ3n) is 2.27. The normalized spacial score (nSPS) is 25.6. The van der Waals surface area contributed by atoms with E-state index in [1.165, 1.54) is 0 Å². The molecule has 2 unspecified atom stereocenters. The topological polar surface area (TPSA) is 59.6 Å². The lowest BCUT2D eigenvalue weighted by Gasteiger charge is -2.35. The van der Waals surface area contributed by atoms with Crippen LogP contribution < -0.4 is 10.9 Å². The summed E-state index contributed by atoms with van der Waals surface area (Å²) in [5, 5.41) is 0. The second-order valence-electron chi connectivity index (χ2n) is 4.73. The fourth-order valence-electron chi connectivity index (χ4n) is 1.37. The molecule has 0 bridgehead atoms. The van der Waals surface area contributed by atoms with Gasteiger partial charge in [-0.15, -0.1) is 0 Å². The van der Waals surface area contributed by atoms with Gasteiger partial charge in [0.2, 0.25) is 0 Å². The molecular formula is C10H20N2O3. The molecule has 0 spiro atoms. The minimum Gasteiger partial charge on any atom is -0.443 e. The van der Waals surface area contributed by atoms with Crippen LogP contribution in [0.1, 0.15) is 33.6 Å². The molecule has 1 saturated carbocycles. The van der Waals surface area contributed by atoms with Crippen molar-refractivity contribution < 1.29 is 14.3 Å². The lowest BCUT2D eigenvalue weighted by molar-refractivity contribution is -0.00305. The Morgan fingerprint density at radius 2 is 2.00 bits per heavy atom. The van der Waals surface area contributed by atoms with E-state index in [2.05, 4.69) is 10.9 Å². The highest BCUT2D eigenvalue weighted by Gasteiger charge is 2.31. The molecule has 0 heterocycles. The monoisotopic (exact) mass is 216 g/mol. The first-order valence-electron chi connectivity index (χ1n) is 5.19. The van der Waals surface area contributed by atoms with Crippen molar-refractivity contribution in [3.05, 3.63) is 0 Å². The van der Waals surface area contributed by atoms with Gasteiger partial charge in [0.15, 0.2) is 0 Å². The van der Waals surface area contributed by atoms with Crippen molar-refractivity contribution in [3.63, 3.8) is 0 Å². The van der Waals surface area contributed by atoms with Crippen LogP contribution in [0.15, 0.2) is 0 Å². The van der Waals surface area contributed by atoms with Crippen LogP contribution in [0, 0.1) is 0 Å². The van der Waals surface area contributed by atoms with Gasteiger partial charge in [0.1, 0.15) is 5.60 Å². The van der Waals surface area contributed by atoms with Crippen molar-refractivity contribution in [2.24, 2.45) is 0 Å². The minimum absolute atomic E-state index is 0.194.